The van der Waals surface area contributed by atoms with Crippen molar-refractivity contribution < 1.29 is 27.9 Å². The largest absolute Gasteiger partial charge is 0.492 e. The van der Waals surface area contributed by atoms with Crippen LogP contribution in [0.5, 0.6) is 5.75 Å². The van der Waals surface area contributed by atoms with Crippen molar-refractivity contribution in [2.75, 3.05) is 11.9 Å². The summed E-state index contributed by atoms with van der Waals surface area (Å²) in [6, 6.07) is 12.5. The smallest absolute Gasteiger partial charge is 0.305 e. The number of rotatable bonds is 12. The molecular weight excluding hydrogens is 516 g/mol. The molecule has 10 nitrogen and oxygen atoms in total. The van der Waals surface area contributed by atoms with E-state index in [2.05, 4.69) is 20.3 Å². The van der Waals surface area contributed by atoms with Crippen molar-refractivity contribution in [3.05, 3.63) is 60.3 Å². The van der Waals surface area contributed by atoms with E-state index in [-0.39, 0.29) is 29.6 Å². The Hall–Kier alpha value is -3.61. The van der Waals surface area contributed by atoms with Gasteiger partial charge in [-0.1, -0.05) is 18.2 Å². The van der Waals surface area contributed by atoms with Crippen LogP contribution in [0.2, 0.25) is 0 Å². The highest BCUT2D eigenvalue weighted by molar-refractivity contribution is 7.89. The summed E-state index contributed by atoms with van der Waals surface area (Å²) in [5.41, 5.74) is 2.30. The second kappa shape index (κ2) is 12.6. The maximum atomic E-state index is 13.1. The summed E-state index contributed by atoms with van der Waals surface area (Å²) >= 11 is 5.28. The highest BCUT2D eigenvalue weighted by Gasteiger charge is 2.25. The van der Waals surface area contributed by atoms with Crippen LogP contribution >= 0.6 is 12.2 Å². The number of nitrogens with zero attached hydrogens (tertiary/aromatic N) is 1. The van der Waals surface area contributed by atoms with E-state index in [0.717, 1.165) is 16.5 Å². The number of hydrogen-bond acceptors (Lipinski definition) is 7. The molecule has 37 heavy (non-hydrogen) atoms. The zero-order valence-electron chi connectivity index (χ0n) is 20.3. The Kier molecular flexibility index (Phi) is 9.50. The molecule has 1 atom stereocenters. The number of pyridine rings is 1. The van der Waals surface area contributed by atoms with Crippen molar-refractivity contribution in [2.45, 2.75) is 43.7 Å². The number of carbonyl (C=O) groups is 2. The summed E-state index contributed by atoms with van der Waals surface area (Å²) in [6.45, 7) is 3.99. The number of carboxylic acids is 1. The summed E-state index contributed by atoms with van der Waals surface area (Å²) in [7, 11) is -4.30. The molecule has 2 aromatic carbocycles. The predicted molar refractivity (Wildman–Crippen MR) is 144 cm³/mol. The predicted octanol–water partition coefficient (Wildman–Crippen LogP) is 2.87. The summed E-state index contributed by atoms with van der Waals surface area (Å²) < 4.78 is 34.2. The zero-order valence-corrected chi connectivity index (χ0v) is 21.9. The van der Waals surface area contributed by atoms with E-state index in [1.807, 2.05) is 44.2 Å². The number of hydrogen-bond donors (Lipinski definition) is 4. The van der Waals surface area contributed by atoms with Crippen LogP contribution in [0, 0.1) is 0 Å². The fraction of sp³-hybridized carbons (Fsp3) is 0.280. The van der Waals surface area contributed by atoms with Gasteiger partial charge in [0.2, 0.25) is 10.0 Å². The van der Waals surface area contributed by atoms with Crippen molar-refractivity contribution in [2.24, 2.45) is 0 Å². The number of nitrogens with one attached hydrogen (secondary N) is 3. The number of anilines is 1. The van der Waals surface area contributed by atoms with E-state index in [1.54, 1.807) is 6.20 Å². The van der Waals surface area contributed by atoms with Gasteiger partial charge in [0.05, 0.1) is 24.6 Å². The van der Waals surface area contributed by atoms with E-state index in [0.29, 0.717) is 17.2 Å². The van der Waals surface area contributed by atoms with Crippen molar-refractivity contribution in [3.8, 4) is 5.75 Å². The van der Waals surface area contributed by atoms with Gasteiger partial charge in [0.1, 0.15) is 16.9 Å². The first kappa shape index (κ1) is 28.0. The molecule has 1 aromatic heterocycles. The number of thiocarbonyl (C=S) groups is 1. The van der Waals surface area contributed by atoms with Crippen LogP contribution in [0.1, 0.15) is 25.8 Å². The van der Waals surface area contributed by atoms with E-state index in [4.69, 9.17) is 22.1 Å². The minimum absolute atomic E-state index is 0.0168. The van der Waals surface area contributed by atoms with Crippen LogP contribution in [0.25, 0.3) is 10.9 Å². The van der Waals surface area contributed by atoms with Gasteiger partial charge in [-0.2, -0.15) is 0 Å². The first-order valence-corrected chi connectivity index (χ1v) is 13.3. The van der Waals surface area contributed by atoms with Gasteiger partial charge in [-0.3, -0.25) is 9.78 Å². The highest BCUT2D eigenvalue weighted by atomic mass is 32.2. The Morgan fingerprint density at radius 2 is 1.97 bits per heavy atom. The average Bonchev–Trinajstić information content (AvgIpc) is 2.82. The van der Waals surface area contributed by atoms with E-state index in [9.17, 15) is 18.0 Å². The molecular formula is C25H28N4O6S2. The van der Waals surface area contributed by atoms with Crippen LogP contribution in [-0.2, 0) is 26.0 Å². The standard InChI is InChI=1S/C25H28N4O6S2/c1-16(2)27-25(36)28-18-8-9-23(37(33,34)29-19(15-30)14-24(31)32)22(13-18)35-12-10-17-5-3-7-21-20(17)6-4-11-26-21/h3-9,11,13,15-16,19,29H,10,12,14H2,1-2H3,(H,31,32)(H2,27,28,36). The number of aliphatic carboxylic acids is 1. The number of fused-ring (bicyclic) bond motifs is 1. The fourth-order valence-corrected chi connectivity index (χ4v) is 5.22. The molecule has 0 aliphatic rings. The zero-order chi connectivity index (χ0) is 27.0. The lowest BCUT2D eigenvalue weighted by Gasteiger charge is -2.18. The molecule has 3 rings (SSSR count). The molecule has 3 aromatic rings. The Labute approximate surface area is 220 Å². The number of aromatic nitrogens is 1. The molecule has 196 valence electrons. The molecule has 12 heteroatoms. The van der Waals surface area contributed by atoms with Crippen molar-refractivity contribution in [1.29, 1.82) is 0 Å². The molecule has 0 saturated carbocycles. The lowest BCUT2D eigenvalue weighted by Crippen LogP contribution is -2.37. The molecule has 0 aliphatic heterocycles. The quantitative estimate of drug-likeness (QED) is 0.198. The van der Waals surface area contributed by atoms with Crippen LogP contribution in [0.4, 0.5) is 5.69 Å². The van der Waals surface area contributed by atoms with Gasteiger partial charge in [0.15, 0.2) is 5.11 Å². The Bertz CT molecular complexity index is 1390. The minimum Gasteiger partial charge on any atom is -0.492 e. The van der Waals surface area contributed by atoms with Crippen molar-refractivity contribution >= 4 is 56.2 Å². The van der Waals surface area contributed by atoms with Crippen molar-refractivity contribution in [1.82, 2.24) is 15.0 Å². The maximum Gasteiger partial charge on any atom is 0.305 e. The third-order valence-electron chi connectivity index (χ3n) is 5.14. The molecule has 0 fully saturated rings. The number of ether oxygens (including phenoxy) is 1. The molecule has 0 radical (unpaired) electrons. The molecule has 1 unspecified atom stereocenters. The van der Waals surface area contributed by atoms with Gasteiger partial charge in [-0.05, 0) is 55.9 Å². The number of carbonyl (C=O) groups excluding carboxylic acids is 1. The van der Waals surface area contributed by atoms with E-state index >= 15 is 0 Å². The molecule has 1 heterocycles. The molecule has 0 aliphatic carbocycles. The molecule has 0 amide bonds. The third-order valence-corrected chi connectivity index (χ3v) is 6.89. The summed E-state index contributed by atoms with van der Waals surface area (Å²) in [5, 5.41) is 16.3. The summed E-state index contributed by atoms with van der Waals surface area (Å²) in [5.74, 6) is -1.30. The average molecular weight is 545 g/mol. The minimum atomic E-state index is -4.30. The van der Waals surface area contributed by atoms with Gasteiger partial charge in [-0.15, -0.1) is 0 Å². The first-order valence-electron chi connectivity index (χ1n) is 11.5. The van der Waals surface area contributed by atoms with Crippen LogP contribution in [0.15, 0.2) is 59.6 Å². The maximum absolute atomic E-state index is 13.1. The van der Waals surface area contributed by atoms with Crippen LogP contribution in [-0.4, -0.2) is 54.6 Å². The van der Waals surface area contributed by atoms with Gasteiger partial charge in [-0.25, -0.2) is 13.1 Å². The second-order valence-electron chi connectivity index (χ2n) is 8.46. The topological polar surface area (TPSA) is 147 Å². The first-order chi connectivity index (χ1) is 17.6. The van der Waals surface area contributed by atoms with Crippen LogP contribution in [0.3, 0.4) is 0 Å². The summed E-state index contributed by atoms with van der Waals surface area (Å²) in [6.07, 6.45) is 1.73. The van der Waals surface area contributed by atoms with E-state index in [1.165, 1.54) is 18.2 Å². The van der Waals surface area contributed by atoms with E-state index < -0.39 is 28.5 Å². The van der Waals surface area contributed by atoms with Gasteiger partial charge in [0.25, 0.3) is 0 Å². The number of carboxylic acid groups (broad SMARTS) is 1. The normalized spacial score (nSPS) is 12.2. The highest BCUT2D eigenvalue weighted by Crippen LogP contribution is 2.28. The van der Waals surface area contributed by atoms with Crippen LogP contribution < -0.4 is 20.1 Å². The van der Waals surface area contributed by atoms with Crippen molar-refractivity contribution in [3.63, 3.8) is 0 Å². The monoisotopic (exact) mass is 544 g/mol. The van der Waals surface area contributed by atoms with Gasteiger partial charge in [0, 0.05) is 35.8 Å². The molecule has 0 saturated heterocycles. The molecule has 4 N–H and O–H groups in total. The number of benzene rings is 2. The van der Waals surface area contributed by atoms with Gasteiger partial charge < -0.3 is 25.3 Å². The lowest BCUT2D eigenvalue weighted by molar-refractivity contribution is -0.138. The molecule has 0 bridgehead atoms. The Morgan fingerprint density at radius 1 is 1.19 bits per heavy atom. The summed E-state index contributed by atoms with van der Waals surface area (Å²) in [4.78, 5) is 26.4. The fourth-order valence-electron chi connectivity index (χ4n) is 3.57. The van der Waals surface area contributed by atoms with Gasteiger partial charge >= 0.3 is 5.97 Å². The number of sulfonamides is 1. The Balaban J connectivity index is 1.87. The lowest BCUT2D eigenvalue weighted by atomic mass is 10.1. The molecule has 0 spiro atoms. The second-order valence-corrected chi connectivity index (χ2v) is 10.6. The SMILES string of the molecule is CC(C)NC(=S)Nc1ccc(S(=O)(=O)NC(C=O)CC(=O)O)c(OCCc2cccc3ncccc23)c1. The third kappa shape index (κ3) is 7.94. The number of aldehydes is 1. The Morgan fingerprint density at radius 3 is 2.68 bits per heavy atom.